The Balaban J connectivity index is 2.59. The molecular weight excluding hydrogens is 252 g/mol. The third-order valence-electron chi connectivity index (χ3n) is 2.55. The summed E-state index contributed by atoms with van der Waals surface area (Å²) in [5.74, 6) is 0.442. The lowest BCUT2D eigenvalue weighted by Crippen LogP contribution is -2.14. The Hall–Kier alpha value is -1.27. The first kappa shape index (κ1) is 14.8. The van der Waals surface area contributed by atoms with Crippen LogP contribution in [0.3, 0.4) is 0 Å². The van der Waals surface area contributed by atoms with Gasteiger partial charge in [-0.15, -0.1) is 0 Å². The lowest BCUT2D eigenvalue weighted by molar-refractivity contribution is -0.387. The Morgan fingerprint density at radius 3 is 2.67 bits per heavy atom. The zero-order valence-electron chi connectivity index (χ0n) is 10.4. The molecule has 1 rings (SSSR count). The molecule has 0 bridgehead atoms. The quantitative estimate of drug-likeness (QED) is 0.467. The number of hydrogen-bond donors (Lipinski definition) is 1. The van der Waals surface area contributed by atoms with Gasteiger partial charge >= 0.3 is 0 Å². The minimum Gasteiger partial charge on any atom is -0.328 e. The van der Waals surface area contributed by atoms with Gasteiger partial charge in [0.2, 0.25) is 0 Å². The fourth-order valence-electron chi connectivity index (χ4n) is 1.61. The van der Waals surface area contributed by atoms with Crippen molar-refractivity contribution in [3.63, 3.8) is 0 Å². The lowest BCUT2D eigenvalue weighted by atomic mass is 10.2. The number of rotatable bonds is 7. The first-order valence-corrected chi connectivity index (χ1v) is 7.21. The molecule has 1 aromatic rings. The van der Waals surface area contributed by atoms with E-state index in [0.29, 0.717) is 10.6 Å². The zero-order chi connectivity index (χ0) is 13.5. The van der Waals surface area contributed by atoms with Crippen molar-refractivity contribution < 1.29 is 9.13 Å². The van der Waals surface area contributed by atoms with Crippen molar-refractivity contribution in [3.05, 3.63) is 34.4 Å². The molecule has 100 valence electrons. The normalized spacial score (nSPS) is 14.1. The van der Waals surface area contributed by atoms with Crippen molar-refractivity contribution in [1.82, 2.24) is 0 Å². The van der Waals surface area contributed by atoms with Crippen LogP contribution < -0.4 is 5.73 Å². The number of hydrogen-bond acceptors (Lipinski definition) is 4. The predicted octanol–water partition coefficient (Wildman–Crippen LogP) is 2.22. The van der Waals surface area contributed by atoms with Gasteiger partial charge in [0.15, 0.2) is 0 Å². The summed E-state index contributed by atoms with van der Waals surface area (Å²) in [6.45, 7) is 1.93. The highest BCUT2D eigenvalue weighted by molar-refractivity contribution is 7.85. The Labute approximate surface area is 109 Å². The molecule has 0 aliphatic carbocycles. The van der Waals surface area contributed by atoms with Gasteiger partial charge in [-0.25, -0.2) is 0 Å². The van der Waals surface area contributed by atoms with E-state index in [-0.39, 0.29) is 11.7 Å². The highest BCUT2D eigenvalue weighted by atomic mass is 32.2. The Kier molecular flexibility index (Phi) is 5.94. The van der Waals surface area contributed by atoms with Crippen molar-refractivity contribution in [2.45, 2.75) is 37.1 Å². The van der Waals surface area contributed by atoms with Crippen LogP contribution in [-0.4, -0.2) is 20.9 Å². The minimum atomic E-state index is -1.31. The fraction of sp³-hybridized carbons (Fsp3) is 0.500. The van der Waals surface area contributed by atoms with Gasteiger partial charge in [-0.05, 0) is 25.8 Å². The molecule has 2 atom stereocenters. The number of nitrogens with zero attached hydrogens (tertiary/aromatic N) is 1. The van der Waals surface area contributed by atoms with E-state index in [4.69, 9.17) is 5.73 Å². The topological polar surface area (TPSA) is 86.2 Å². The van der Waals surface area contributed by atoms with Gasteiger partial charge in [0.25, 0.3) is 5.69 Å². The van der Waals surface area contributed by atoms with Gasteiger partial charge in [-0.1, -0.05) is 18.6 Å². The smallest absolute Gasteiger partial charge is 0.285 e. The maximum Gasteiger partial charge on any atom is 0.285 e. The molecule has 1 aromatic carbocycles. The maximum atomic E-state index is 12.0. The molecule has 0 heterocycles. The van der Waals surface area contributed by atoms with Crippen molar-refractivity contribution in [3.8, 4) is 0 Å². The summed E-state index contributed by atoms with van der Waals surface area (Å²) in [4.78, 5) is 10.6. The van der Waals surface area contributed by atoms with E-state index >= 15 is 0 Å². The summed E-state index contributed by atoms with van der Waals surface area (Å²) in [5, 5.41) is 10.8. The molecule has 0 saturated carbocycles. The molecule has 0 saturated heterocycles. The Morgan fingerprint density at radius 1 is 1.39 bits per heavy atom. The van der Waals surface area contributed by atoms with E-state index in [1.807, 2.05) is 6.92 Å². The molecule has 0 aromatic heterocycles. The van der Waals surface area contributed by atoms with E-state index < -0.39 is 15.7 Å². The van der Waals surface area contributed by atoms with Crippen LogP contribution in [0.5, 0.6) is 0 Å². The maximum absolute atomic E-state index is 12.0. The molecule has 0 amide bonds. The summed E-state index contributed by atoms with van der Waals surface area (Å²) in [7, 11) is -1.31. The number of nitrogens with two attached hydrogens (primary N) is 1. The lowest BCUT2D eigenvalue weighted by Gasteiger charge is -2.05. The van der Waals surface area contributed by atoms with Gasteiger partial charge in [-0.3, -0.25) is 14.3 Å². The summed E-state index contributed by atoms with van der Waals surface area (Å²) in [6.07, 6.45) is 2.54. The first-order valence-electron chi connectivity index (χ1n) is 5.89. The molecule has 0 fully saturated rings. The van der Waals surface area contributed by atoms with Gasteiger partial charge in [0, 0.05) is 17.9 Å². The van der Waals surface area contributed by atoms with Crippen LogP contribution in [-0.2, 0) is 10.8 Å². The third kappa shape index (κ3) is 4.54. The van der Waals surface area contributed by atoms with Gasteiger partial charge < -0.3 is 5.73 Å². The number of benzene rings is 1. The molecule has 0 aliphatic rings. The van der Waals surface area contributed by atoms with Gasteiger partial charge in [-0.2, -0.15) is 0 Å². The highest BCUT2D eigenvalue weighted by Gasteiger charge is 2.17. The van der Waals surface area contributed by atoms with Crippen LogP contribution in [0.25, 0.3) is 0 Å². The predicted molar refractivity (Wildman–Crippen MR) is 71.9 cm³/mol. The highest BCUT2D eigenvalue weighted by Crippen LogP contribution is 2.22. The molecule has 6 heteroatoms. The molecule has 2 unspecified atom stereocenters. The van der Waals surface area contributed by atoms with Crippen LogP contribution in [0.4, 0.5) is 5.69 Å². The molecule has 0 radical (unpaired) electrons. The van der Waals surface area contributed by atoms with Crippen LogP contribution in [0.15, 0.2) is 29.2 Å². The van der Waals surface area contributed by atoms with Crippen LogP contribution >= 0.6 is 0 Å². The number of nitro benzene ring substituents is 1. The third-order valence-corrected chi connectivity index (χ3v) is 4.04. The monoisotopic (exact) mass is 270 g/mol. The minimum absolute atomic E-state index is 0.0666. The molecule has 5 nitrogen and oxygen atoms in total. The summed E-state index contributed by atoms with van der Waals surface area (Å²) >= 11 is 0. The van der Waals surface area contributed by atoms with Crippen LogP contribution in [0.2, 0.25) is 0 Å². The van der Waals surface area contributed by atoms with Crippen LogP contribution in [0, 0.1) is 10.1 Å². The van der Waals surface area contributed by atoms with E-state index in [9.17, 15) is 14.3 Å². The summed E-state index contributed by atoms with van der Waals surface area (Å²) in [6, 6.07) is 6.33. The standard InChI is InChI=1S/C12H18N2O3S/c1-10(13)6-4-5-9-18(17)12-8-3-2-7-11(12)14(15)16/h2-3,7-8,10H,4-6,9,13H2,1H3. The Morgan fingerprint density at radius 2 is 2.06 bits per heavy atom. The van der Waals surface area contributed by atoms with E-state index in [0.717, 1.165) is 19.3 Å². The van der Waals surface area contributed by atoms with E-state index in [1.165, 1.54) is 6.07 Å². The van der Waals surface area contributed by atoms with Crippen molar-refractivity contribution in [1.29, 1.82) is 0 Å². The molecule has 18 heavy (non-hydrogen) atoms. The van der Waals surface area contributed by atoms with E-state index in [1.54, 1.807) is 18.2 Å². The van der Waals surface area contributed by atoms with Gasteiger partial charge in [0.1, 0.15) is 4.90 Å². The van der Waals surface area contributed by atoms with E-state index in [2.05, 4.69) is 0 Å². The number of para-hydroxylation sites is 1. The first-order chi connectivity index (χ1) is 8.52. The molecule has 0 aliphatic heterocycles. The van der Waals surface area contributed by atoms with Crippen molar-refractivity contribution >= 4 is 16.5 Å². The van der Waals surface area contributed by atoms with Crippen molar-refractivity contribution in [2.75, 3.05) is 5.75 Å². The average molecular weight is 270 g/mol. The second-order valence-electron chi connectivity index (χ2n) is 4.25. The second-order valence-corrected chi connectivity index (χ2v) is 5.79. The summed E-state index contributed by atoms with van der Waals surface area (Å²) in [5.41, 5.74) is 5.55. The van der Waals surface area contributed by atoms with Gasteiger partial charge in [0.05, 0.1) is 15.7 Å². The molecule has 2 N–H and O–H groups in total. The van der Waals surface area contributed by atoms with Crippen molar-refractivity contribution in [2.24, 2.45) is 5.73 Å². The summed E-state index contributed by atoms with van der Waals surface area (Å²) < 4.78 is 12.0. The number of unbranched alkanes of at least 4 members (excludes halogenated alkanes) is 1. The molecule has 0 spiro atoms. The second kappa shape index (κ2) is 7.23. The average Bonchev–Trinajstić information content (AvgIpc) is 2.34. The molecular formula is C12H18N2O3S. The zero-order valence-corrected chi connectivity index (χ0v) is 11.2. The SMILES string of the molecule is CC(N)CCCCS(=O)c1ccccc1[N+](=O)[O-]. The number of nitro groups is 1. The largest absolute Gasteiger partial charge is 0.328 e. The Bertz CT molecular complexity index is 435. The fourth-order valence-corrected chi connectivity index (χ4v) is 2.90. The van der Waals surface area contributed by atoms with Crippen LogP contribution in [0.1, 0.15) is 26.2 Å².